The van der Waals surface area contributed by atoms with Gasteiger partial charge in [-0.15, -0.1) is 4.58 Å². The number of carbonyl (C=O) groups is 2. The lowest BCUT2D eigenvalue weighted by atomic mass is 9.84. The maximum Gasteiger partial charge on any atom is 0.597 e. The van der Waals surface area contributed by atoms with Crippen molar-refractivity contribution in [1.82, 2.24) is 0 Å². The van der Waals surface area contributed by atoms with Crippen molar-refractivity contribution in [1.29, 1.82) is 0 Å². The Morgan fingerprint density at radius 3 is 1.96 bits per heavy atom. The minimum Gasteiger partial charge on any atom is -0.452 e. The molecule has 6 nitrogen and oxygen atoms in total. The molecule has 1 amide bonds. The van der Waals surface area contributed by atoms with Crippen LogP contribution in [0.25, 0.3) is 0 Å². The smallest absolute Gasteiger partial charge is 0.452 e. The van der Waals surface area contributed by atoms with Crippen LogP contribution in [-0.2, 0) is 19.1 Å². The molecular formula is C19H31NO5+. The lowest BCUT2D eigenvalue weighted by Crippen LogP contribution is -2.44. The molecule has 1 aliphatic rings. The van der Waals surface area contributed by atoms with Crippen molar-refractivity contribution < 1.29 is 28.4 Å². The van der Waals surface area contributed by atoms with Gasteiger partial charge in [-0.1, -0.05) is 19.3 Å². The standard InChI is InChI=1S/C19H31NO5/c1-18(2,3)24-16(22)12-20(17(23)25-19(4,5)6)15(13-21)14-10-8-7-9-11-14/h12,14-15H,7-11H2,1-6H3/q+1/t15-/m1/s1. The Hall–Kier alpha value is -1.72. The molecule has 0 heterocycles. The average molecular weight is 353 g/mol. The Kier molecular flexibility index (Phi) is 7.32. The zero-order valence-corrected chi connectivity index (χ0v) is 16.3. The molecule has 1 fully saturated rings. The Bertz CT molecular complexity index is 519. The second-order valence-electron chi connectivity index (χ2n) is 8.51. The quantitative estimate of drug-likeness (QED) is 0.440. The first-order chi connectivity index (χ1) is 11.4. The second-order valence-corrected chi connectivity index (χ2v) is 8.51. The zero-order chi connectivity index (χ0) is 19.3. The third-order valence-corrected chi connectivity index (χ3v) is 3.77. The lowest BCUT2D eigenvalue weighted by molar-refractivity contribution is -0.478. The van der Waals surface area contributed by atoms with E-state index in [4.69, 9.17) is 9.47 Å². The molecule has 0 unspecified atom stereocenters. The molecule has 0 bridgehead atoms. The Morgan fingerprint density at radius 2 is 1.52 bits per heavy atom. The van der Waals surface area contributed by atoms with E-state index >= 15 is 0 Å². The summed E-state index contributed by atoms with van der Waals surface area (Å²) in [6, 6.07) is -0.845. The minimum atomic E-state index is -0.845. The number of nitrogens with zero attached hydrogens (tertiary/aromatic N) is 1. The highest BCUT2D eigenvalue weighted by molar-refractivity contribution is 6.21. The highest BCUT2D eigenvalue weighted by Crippen LogP contribution is 2.27. The van der Waals surface area contributed by atoms with Gasteiger partial charge >= 0.3 is 12.1 Å². The summed E-state index contributed by atoms with van der Waals surface area (Å²) in [6.45, 7) is 10.4. The maximum atomic E-state index is 12.6. The van der Waals surface area contributed by atoms with Gasteiger partial charge in [-0.25, -0.2) is 4.79 Å². The van der Waals surface area contributed by atoms with Crippen LogP contribution in [0.4, 0.5) is 4.79 Å². The van der Waals surface area contributed by atoms with Crippen molar-refractivity contribution in [2.24, 2.45) is 5.92 Å². The van der Waals surface area contributed by atoms with Gasteiger partial charge in [0.1, 0.15) is 11.2 Å². The Balaban J connectivity index is 3.13. The third-order valence-electron chi connectivity index (χ3n) is 3.77. The zero-order valence-electron chi connectivity index (χ0n) is 16.3. The number of amides is 1. The molecule has 25 heavy (non-hydrogen) atoms. The van der Waals surface area contributed by atoms with Gasteiger partial charge in [-0.05, 0) is 54.4 Å². The van der Waals surface area contributed by atoms with Gasteiger partial charge < -0.3 is 9.47 Å². The van der Waals surface area contributed by atoms with Crippen molar-refractivity contribution in [3.63, 3.8) is 0 Å². The van der Waals surface area contributed by atoms with E-state index in [1.54, 1.807) is 41.5 Å². The van der Waals surface area contributed by atoms with Crippen LogP contribution in [0.1, 0.15) is 73.6 Å². The van der Waals surface area contributed by atoms with Crippen LogP contribution in [0.5, 0.6) is 0 Å². The predicted octanol–water partition coefficient (Wildman–Crippen LogP) is 3.41. The Labute approximate surface area is 150 Å². The lowest BCUT2D eigenvalue weighted by Gasteiger charge is -2.25. The molecule has 1 radical (unpaired) electrons. The summed E-state index contributed by atoms with van der Waals surface area (Å²) in [6.07, 6.45) is 6.99. The first-order valence-electron chi connectivity index (χ1n) is 8.90. The summed E-state index contributed by atoms with van der Waals surface area (Å²) in [7, 11) is 0. The van der Waals surface area contributed by atoms with E-state index in [-0.39, 0.29) is 5.92 Å². The van der Waals surface area contributed by atoms with Crippen LogP contribution in [0, 0.1) is 5.92 Å². The van der Waals surface area contributed by atoms with Crippen molar-refractivity contribution in [3.05, 3.63) is 0 Å². The van der Waals surface area contributed by atoms with Crippen LogP contribution >= 0.6 is 0 Å². The fourth-order valence-corrected chi connectivity index (χ4v) is 2.83. The van der Waals surface area contributed by atoms with Gasteiger partial charge in [-0.3, -0.25) is 4.79 Å². The second kappa shape index (κ2) is 8.59. The number of hydrogen-bond acceptors (Lipinski definition) is 5. The highest BCUT2D eigenvalue weighted by atomic mass is 16.6. The number of carbonyl (C=O) groups excluding carboxylic acids is 3. The first kappa shape index (κ1) is 21.3. The summed E-state index contributed by atoms with van der Waals surface area (Å²) in [4.78, 5) is 36.4. The number of rotatable bonds is 4. The van der Waals surface area contributed by atoms with E-state index in [1.165, 1.54) is 0 Å². The molecule has 0 spiro atoms. The molecule has 1 saturated carbocycles. The van der Waals surface area contributed by atoms with E-state index in [2.05, 4.69) is 0 Å². The molecule has 141 valence electrons. The van der Waals surface area contributed by atoms with Crippen LogP contribution in [0.2, 0.25) is 0 Å². The van der Waals surface area contributed by atoms with Crippen molar-refractivity contribution >= 4 is 24.6 Å². The van der Waals surface area contributed by atoms with E-state index in [0.717, 1.165) is 42.9 Å². The number of hydrogen-bond donors (Lipinski definition) is 0. The largest absolute Gasteiger partial charge is 0.597 e. The summed E-state index contributed by atoms with van der Waals surface area (Å²) in [5.41, 5.74) is -1.44. The number of esters is 1. The molecule has 0 aromatic rings. The molecule has 1 atom stereocenters. The highest BCUT2D eigenvalue weighted by Gasteiger charge is 2.40. The van der Waals surface area contributed by atoms with Gasteiger partial charge in [-0.2, -0.15) is 4.79 Å². The van der Waals surface area contributed by atoms with Crippen molar-refractivity contribution in [2.75, 3.05) is 0 Å². The van der Waals surface area contributed by atoms with Crippen LogP contribution in [-0.4, -0.2) is 46.4 Å². The van der Waals surface area contributed by atoms with Gasteiger partial charge in [0.2, 0.25) is 6.04 Å². The molecule has 6 heteroatoms. The average Bonchev–Trinajstić information content (AvgIpc) is 2.44. The normalized spacial score (nSPS) is 18.4. The minimum absolute atomic E-state index is 0.0301. The molecule has 0 saturated heterocycles. The van der Waals surface area contributed by atoms with Gasteiger partial charge in [0, 0.05) is 5.92 Å². The third kappa shape index (κ3) is 7.80. The fraction of sp³-hybridized carbons (Fsp3) is 0.789. The SMILES string of the molecule is CC(C)(C)OC(=O)C=[N+](C(=O)OC(C)(C)C)[C@H]([C]=O)C1CCCCC1. The fourth-order valence-electron chi connectivity index (χ4n) is 2.83. The summed E-state index contributed by atoms with van der Waals surface area (Å²) in [5.74, 6) is -0.716. The molecule has 0 N–H and O–H groups in total. The van der Waals surface area contributed by atoms with Crippen LogP contribution < -0.4 is 0 Å². The van der Waals surface area contributed by atoms with Gasteiger partial charge in [0.25, 0.3) is 12.5 Å². The molecule has 1 rings (SSSR count). The van der Waals surface area contributed by atoms with E-state index in [1.807, 2.05) is 6.29 Å². The van der Waals surface area contributed by atoms with E-state index < -0.39 is 29.3 Å². The first-order valence-corrected chi connectivity index (χ1v) is 8.90. The van der Waals surface area contributed by atoms with Gasteiger partial charge in [0.05, 0.1) is 0 Å². The van der Waals surface area contributed by atoms with Crippen molar-refractivity contribution in [3.8, 4) is 0 Å². The van der Waals surface area contributed by atoms with Gasteiger partial charge in [0.15, 0.2) is 0 Å². The van der Waals surface area contributed by atoms with E-state index in [9.17, 15) is 14.4 Å². The van der Waals surface area contributed by atoms with Crippen LogP contribution in [0.15, 0.2) is 0 Å². The molecule has 0 aromatic heterocycles. The van der Waals surface area contributed by atoms with E-state index in [0.29, 0.717) is 0 Å². The predicted molar refractivity (Wildman–Crippen MR) is 94.5 cm³/mol. The molecule has 0 aliphatic heterocycles. The Morgan fingerprint density at radius 1 is 1.00 bits per heavy atom. The molecule has 1 aliphatic carbocycles. The maximum absolute atomic E-state index is 12.6. The topological polar surface area (TPSA) is 72.7 Å². The van der Waals surface area contributed by atoms with Crippen molar-refractivity contribution in [2.45, 2.75) is 90.9 Å². The summed E-state index contributed by atoms with van der Waals surface area (Å²) < 4.78 is 11.7. The number of ether oxygens (including phenoxy) is 2. The summed E-state index contributed by atoms with van der Waals surface area (Å²) in [5, 5.41) is 0. The summed E-state index contributed by atoms with van der Waals surface area (Å²) >= 11 is 0. The molecule has 0 aromatic carbocycles. The molecular weight excluding hydrogens is 322 g/mol. The monoisotopic (exact) mass is 353 g/mol. The van der Waals surface area contributed by atoms with Crippen LogP contribution in [0.3, 0.4) is 0 Å².